The Balaban J connectivity index is 2.02. The van der Waals surface area contributed by atoms with Gasteiger partial charge in [0.2, 0.25) is 0 Å². The molecule has 2 aliphatic rings. The van der Waals surface area contributed by atoms with Crippen molar-refractivity contribution >= 4 is 0 Å². The topological polar surface area (TPSA) is 15.3 Å². The average molecular weight is 280 g/mol. The summed E-state index contributed by atoms with van der Waals surface area (Å²) in [7, 11) is 2.17. The Morgan fingerprint density at radius 1 is 1.10 bits per heavy atom. The van der Waals surface area contributed by atoms with Crippen LogP contribution in [0.4, 0.5) is 0 Å². The Kier molecular flexibility index (Phi) is 5.92. The lowest BCUT2D eigenvalue weighted by atomic mass is 9.67. The normalized spacial score (nSPS) is 35.7. The van der Waals surface area contributed by atoms with E-state index in [4.69, 9.17) is 0 Å². The van der Waals surface area contributed by atoms with Crippen LogP contribution in [0, 0.1) is 11.3 Å². The summed E-state index contributed by atoms with van der Waals surface area (Å²) in [5.41, 5.74) is 0.464. The molecule has 1 aliphatic carbocycles. The molecule has 0 radical (unpaired) electrons. The van der Waals surface area contributed by atoms with E-state index in [-0.39, 0.29) is 0 Å². The van der Waals surface area contributed by atoms with Crippen LogP contribution >= 0.6 is 0 Å². The van der Waals surface area contributed by atoms with Gasteiger partial charge in [-0.2, -0.15) is 0 Å². The molecule has 3 atom stereocenters. The molecule has 1 saturated heterocycles. The summed E-state index contributed by atoms with van der Waals surface area (Å²) in [5, 5.41) is 3.66. The van der Waals surface area contributed by atoms with Crippen molar-refractivity contribution in [2.45, 2.75) is 84.2 Å². The number of hydrogen-bond donors (Lipinski definition) is 1. The largest absolute Gasteiger partial charge is 0.316 e. The molecule has 2 rings (SSSR count). The molecule has 20 heavy (non-hydrogen) atoms. The van der Waals surface area contributed by atoms with Crippen molar-refractivity contribution in [3.05, 3.63) is 0 Å². The highest BCUT2D eigenvalue weighted by atomic mass is 15.2. The standard InChI is InChI=1S/C18H36N2/c1-5-16-11-7-6-8-13-20(16)14-15-10-9-12-18(2,3)17(15)19-4/h15-17,19H,5-14H2,1-4H3. The fourth-order valence-electron chi connectivity index (χ4n) is 4.84. The monoisotopic (exact) mass is 280 g/mol. The van der Waals surface area contributed by atoms with E-state index in [0.717, 1.165) is 12.0 Å². The SMILES string of the molecule is CCC1CCCCCN1CC1CCCC(C)(C)C1NC. The molecule has 0 amide bonds. The first-order valence-corrected chi connectivity index (χ1v) is 8.99. The Bertz CT molecular complexity index is 287. The maximum Gasteiger partial charge on any atom is 0.0156 e. The van der Waals surface area contributed by atoms with E-state index in [9.17, 15) is 0 Å². The number of hydrogen-bond acceptors (Lipinski definition) is 2. The van der Waals surface area contributed by atoms with Gasteiger partial charge in [-0.3, -0.25) is 0 Å². The van der Waals surface area contributed by atoms with Crippen LogP contribution in [-0.2, 0) is 0 Å². The van der Waals surface area contributed by atoms with Gasteiger partial charge < -0.3 is 10.2 Å². The van der Waals surface area contributed by atoms with E-state index in [0.29, 0.717) is 11.5 Å². The lowest BCUT2D eigenvalue weighted by Crippen LogP contribution is -2.52. The minimum absolute atomic E-state index is 0.464. The number of likely N-dealkylation sites (tertiary alicyclic amines) is 1. The predicted octanol–water partition coefficient (Wildman–Crippen LogP) is 4.06. The number of nitrogens with one attached hydrogen (secondary N) is 1. The molecule has 3 unspecified atom stereocenters. The van der Waals surface area contributed by atoms with Crippen LogP contribution in [0.5, 0.6) is 0 Å². The minimum atomic E-state index is 0.464. The predicted molar refractivity (Wildman–Crippen MR) is 88.1 cm³/mol. The third-order valence-electron chi connectivity index (χ3n) is 5.96. The highest BCUT2D eigenvalue weighted by molar-refractivity contribution is 4.94. The van der Waals surface area contributed by atoms with Crippen molar-refractivity contribution in [3.8, 4) is 0 Å². The third kappa shape index (κ3) is 3.76. The summed E-state index contributed by atoms with van der Waals surface area (Å²) in [6.45, 7) is 9.96. The highest BCUT2D eigenvalue weighted by Gasteiger charge is 2.39. The van der Waals surface area contributed by atoms with Crippen molar-refractivity contribution in [1.29, 1.82) is 0 Å². The molecular formula is C18H36N2. The summed E-state index contributed by atoms with van der Waals surface area (Å²) in [6.07, 6.45) is 11.3. The fraction of sp³-hybridized carbons (Fsp3) is 1.00. The van der Waals surface area contributed by atoms with Crippen LogP contribution in [0.3, 0.4) is 0 Å². The fourth-order valence-corrected chi connectivity index (χ4v) is 4.84. The van der Waals surface area contributed by atoms with Crippen LogP contribution in [0.25, 0.3) is 0 Å². The zero-order chi connectivity index (χ0) is 14.6. The van der Waals surface area contributed by atoms with Gasteiger partial charge in [-0.05, 0) is 57.0 Å². The van der Waals surface area contributed by atoms with E-state index in [1.54, 1.807) is 0 Å². The summed E-state index contributed by atoms with van der Waals surface area (Å²) in [4.78, 5) is 2.84. The molecule has 118 valence electrons. The van der Waals surface area contributed by atoms with Crippen molar-refractivity contribution in [1.82, 2.24) is 10.2 Å². The molecule has 0 bridgehead atoms. The van der Waals surface area contributed by atoms with Gasteiger partial charge in [-0.1, -0.05) is 40.0 Å². The van der Waals surface area contributed by atoms with Gasteiger partial charge in [-0.15, -0.1) is 0 Å². The average Bonchev–Trinajstić information content (AvgIpc) is 2.63. The summed E-state index contributed by atoms with van der Waals surface area (Å²) < 4.78 is 0. The maximum absolute atomic E-state index is 3.66. The van der Waals surface area contributed by atoms with E-state index >= 15 is 0 Å². The second kappa shape index (κ2) is 7.26. The minimum Gasteiger partial charge on any atom is -0.316 e. The van der Waals surface area contributed by atoms with Gasteiger partial charge in [0, 0.05) is 18.6 Å². The molecular weight excluding hydrogens is 244 g/mol. The smallest absolute Gasteiger partial charge is 0.0156 e. The number of nitrogens with zero attached hydrogens (tertiary/aromatic N) is 1. The van der Waals surface area contributed by atoms with Crippen LogP contribution in [-0.4, -0.2) is 37.1 Å². The first-order chi connectivity index (χ1) is 9.58. The molecule has 2 nitrogen and oxygen atoms in total. The van der Waals surface area contributed by atoms with Gasteiger partial charge in [0.1, 0.15) is 0 Å². The van der Waals surface area contributed by atoms with Gasteiger partial charge >= 0.3 is 0 Å². The summed E-state index contributed by atoms with van der Waals surface area (Å²) >= 11 is 0. The van der Waals surface area contributed by atoms with E-state index < -0.39 is 0 Å². The first kappa shape index (κ1) is 16.3. The van der Waals surface area contributed by atoms with E-state index in [2.05, 4.69) is 38.0 Å². The molecule has 1 N–H and O–H groups in total. The molecule has 0 aromatic carbocycles. The Labute approximate surface area is 126 Å². The van der Waals surface area contributed by atoms with Crippen molar-refractivity contribution in [3.63, 3.8) is 0 Å². The molecule has 1 saturated carbocycles. The highest BCUT2D eigenvalue weighted by Crippen LogP contribution is 2.39. The Morgan fingerprint density at radius 3 is 2.60 bits per heavy atom. The Hall–Kier alpha value is -0.0800. The van der Waals surface area contributed by atoms with E-state index in [1.165, 1.54) is 64.5 Å². The second-order valence-electron chi connectivity index (χ2n) is 7.81. The van der Waals surface area contributed by atoms with Gasteiger partial charge in [0.15, 0.2) is 0 Å². The second-order valence-corrected chi connectivity index (χ2v) is 7.81. The molecule has 0 spiro atoms. The lowest BCUT2D eigenvalue weighted by Gasteiger charge is -2.46. The summed E-state index contributed by atoms with van der Waals surface area (Å²) in [6, 6.07) is 1.54. The Morgan fingerprint density at radius 2 is 1.90 bits per heavy atom. The van der Waals surface area contributed by atoms with Crippen LogP contribution < -0.4 is 5.32 Å². The van der Waals surface area contributed by atoms with Gasteiger partial charge in [0.25, 0.3) is 0 Å². The first-order valence-electron chi connectivity index (χ1n) is 8.99. The molecule has 0 aromatic rings. The van der Waals surface area contributed by atoms with Crippen molar-refractivity contribution in [2.75, 3.05) is 20.1 Å². The third-order valence-corrected chi connectivity index (χ3v) is 5.96. The van der Waals surface area contributed by atoms with Crippen molar-refractivity contribution < 1.29 is 0 Å². The van der Waals surface area contributed by atoms with Crippen LogP contribution in [0.2, 0.25) is 0 Å². The molecule has 1 heterocycles. The zero-order valence-electron chi connectivity index (χ0n) is 14.3. The summed E-state index contributed by atoms with van der Waals surface area (Å²) in [5.74, 6) is 0.843. The van der Waals surface area contributed by atoms with Gasteiger partial charge in [0.05, 0.1) is 0 Å². The van der Waals surface area contributed by atoms with Crippen LogP contribution in [0.15, 0.2) is 0 Å². The molecule has 1 aliphatic heterocycles. The lowest BCUT2D eigenvalue weighted by molar-refractivity contribution is 0.0682. The van der Waals surface area contributed by atoms with Crippen LogP contribution in [0.1, 0.15) is 72.1 Å². The molecule has 2 fully saturated rings. The quantitative estimate of drug-likeness (QED) is 0.835. The van der Waals surface area contributed by atoms with E-state index in [1.807, 2.05) is 0 Å². The van der Waals surface area contributed by atoms with Crippen molar-refractivity contribution in [2.24, 2.45) is 11.3 Å². The molecule has 2 heteroatoms. The number of rotatable bonds is 4. The zero-order valence-corrected chi connectivity index (χ0v) is 14.3. The van der Waals surface area contributed by atoms with Gasteiger partial charge in [-0.25, -0.2) is 0 Å². The maximum atomic E-state index is 3.66. The molecule has 0 aromatic heterocycles.